The Morgan fingerprint density at radius 1 is 1.17 bits per heavy atom. The maximum atomic E-state index is 15.1. The van der Waals surface area contributed by atoms with E-state index in [1.165, 1.54) is 4.90 Å². The molecule has 2 amide bonds. The topological polar surface area (TPSA) is 100 Å². The molecule has 2 saturated heterocycles. The van der Waals surface area contributed by atoms with Gasteiger partial charge in [0.1, 0.15) is 10.0 Å². The predicted octanol–water partition coefficient (Wildman–Crippen LogP) is 4.53. The van der Waals surface area contributed by atoms with Crippen molar-refractivity contribution in [1.29, 1.82) is 0 Å². The first-order chi connectivity index (χ1) is 16.9. The van der Waals surface area contributed by atoms with Crippen molar-refractivity contribution in [3.8, 4) is 0 Å². The summed E-state index contributed by atoms with van der Waals surface area (Å²) in [6.45, 7) is 3.34. The molecule has 2 aliphatic rings. The van der Waals surface area contributed by atoms with Gasteiger partial charge in [-0.25, -0.2) is 8.78 Å². The third kappa shape index (κ3) is 5.12. The fourth-order valence-corrected chi connectivity index (χ4v) is 4.61. The Labute approximate surface area is 210 Å². The second-order valence-corrected chi connectivity index (χ2v) is 9.13. The fourth-order valence-electron chi connectivity index (χ4n) is 3.93. The van der Waals surface area contributed by atoms with E-state index in [0.717, 1.165) is 0 Å². The summed E-state index contributed by atoms with van der Waals surface area (Å²) in [5, 5.41) is 11.4. The Morgan fingerprint density at radius 3 is 2.39 bits per heavy atom. The molecule has 15 heteroatoms. The highest BCUT2D eigenvalue weighted by Gasteiger charge is 2.39. The fraction of sp³-hybridized carbons (Fsp3) is 0.429. The molecule has 0 bridgehead atoms. The summed E-state index contributed by atoms with van der Waals surface area (Å²) >= 11 is 12.3. The zero-order valence-corrected chi connectivity index (χ0v) is 19.8. The van der Waals surface area contributed by atoms with E-state index in [-0.39, 0.29) is 56.0 Å². The van der Waals surface area contributed by atoms with Crippen molar-refractivity contribution in [2.75, 3.05) is 23.3 Å². The van der Waals surface area contributed by atoms with E-state index < -0.39 is 63.1 Å². The zero-order valence-electron chi connectivity index (χ0n) is 18.3. The van der Waals surface area contributed by atoms with Gasteiger partial charge in [0, 0.05) is 37.1 Å². The monoisotopic (exact) mass is 553 g/mol. The summed E-state index contributed by atoms with van der Waals surface area (Å²) in [6.07, 6.45) is -5.21. The Balaban J connectivity index is 1.40. The number of hydrogen-bond donors (Lipinski definition) is 2. The van der Waals surface area contributed by atoms with Crippen LogP contribution in [0, 0.1) is 11.6 Å². The quantitative estimate of drug-likeness (QED) is 0.225. The average Bonchev–Trinajstić information content (AvgIpc) is 3.22. The number of amides is 2. The van der Waals surface area contributed by atoms with E-state index in [1.54, 1.807) is 0 Å². The molecule has 36 heavy (non-hydrogen) atoms. The first kappa shape index (κ1) is 26.1. The second-order valence-electron chi connectivity index (χ2n) is 8.37. The van der Waals surface area contributed by atoms with Crippen LogP contribution >= 0.6 is 23.2 Å². The number of carbonyl (C=O) groups is 2. The number of halogens is 7. The lowest BCUT2D eigenvalue weighted by Gasteiger charge is -2.42. The zero-order chi connectivity index (χ0) is 26.4. The number of hydrogen-bond acceptors (Lipinski definition) is 7. The summed E-state index contributed by atoms with van der Waals surface area (Å²) in [5.74, 6) is -4.91. The number of aryl methyl sites for hydroxylation is 1. The van der Waals surface area contributed by atoms with Crippen LogP contribution in [-0.2, 0) is 16.0 Å². The highest BCUT2D eigenvalue weighted by atomic mass is 35.5. The summed E-state index contributed by atoms with van der Waals surface area (Å²) in [4.78, 5) is 25.0. The van der Waals surface area contributed by atoms with Crippen LogP contribution in [0.15, 0.2) is 16.6 Å². The van der Waals surface area contributed by atoms with Crippen molar-refractivity contribution >= 4 is 46.7 Å². The molecule has 0 radical (unpaired) electrons. The minimum Gasteiger partial charge on any atom is -0.408 e. The van der Waals surface area contributed by atoms with Crippen LogP contribution in [0.2, 0.25) is 10.0 Å². The summed E-state index contributed by atoms with van der Waals surface area (Å²) < 4.78 is 73.1. The Bertz CT molecular complexity index is 1200. The van der Waals surface area contributed by atoms with Gasteiger partial charge < -0.3 is 14.6 Å². The van der Waals surface area contributed by atoms with Crippen LogP contribution < -0.4 is 15.5 Å². The maximum absolute atomic E-state index is 15.1. The molecule has 8 nitrogen and oxygen atoms in total. The molecular formula is C21H18Cl2F5N5O3. The van der Waals surface area contributed by atoms with Crippen molar-refractivity contribution in [2.24, 2.45) is 0 Å². The lowest BCUT2D eigenvalue weighted by atomic mass is 9.89. The number of anilines is 2. The van der Waals surface area contributed by atoms with E-state index in [2.05, 4.69) is 22.1 Å². The van der Waals surface area contributed by atoms with Gasteiger partial charge in [-0.05, 0) is 12.8 Å². The highest BCUT2D eigenvalue weighted by Crippen LogP contribution is 2.45. The second kappa shape index (κ2) is 9.85. The molecule has 1 aromatic heterocycles. The third-order valence-corrected chi connectivity index (χ3v) is 6.59. The first-order valence-electron chi connectivity index (χ1n) is 10.6. The lowest BCUT2D eigenvalue weighted by Crippen LogP contribution is -2.55. The van der Waals surface area contributed by atoms with Gasteiger partial charge in [-0.3, -0.25) is 14.9 Å². The van der Waals surface area contributed by atoms with Gasteiger partial charge in [0.25, 0.3) is 0 Å². The van der Waals surface area contributed by atoms with Crippen LogP contribution in [0.1, 0.15) is 36.6 Å². The standard InChI is InChI=1S/C21H18Cl2F5N5O3/c1-8(21(26,27)28)2-5-12-31-32-20(36-12)29-9-6-33(7-9)18-14(22)16(24)13(17(25)15(18)23)10-3-4-11(34)30-19(10)35/h9-10H,1-7H2,(H,29,32)(H,30,34,35). The number of alkyl halides is 3. The number of rotatable bonds is 7. The first-order valence-corrected chi connectivity index (χ1v) is 11.4. The van der Waals surface area contributed by atoms with Crippen molar-refractivity contribution in [1.82, 2.24) is 15.5 Å². The van der Waals surface area contributed by atoms with E-state index in [1.807, 2.05) is 5.32 Å². The van der Waals surface area contributed by atoms with Gasteiger partial charge in [0.05, 0.1) is 17.6 Å². The number of imide groups is 1. The molecule has 2 N–H and O–H groups in total. The molecule has 1 aromatic carbocycles. The number of nitrogens with zero attached hydrogens (tertiary/aromatic N) is 3. The normalized spacial score (nSPS) is 18.8. The van der Waals surface area contributed by atoms with E-state index in [4.69, 9.17) is 27.6 Å². The lowest BCUT2D eigenvalue weighted by molar-refractivity contribution is -0.134. The van der Waals surface area contributed by atoms with Crippen LogP contribution in [0.4, 0.5) is 33.7 Å². The van der Waals surface area contributed by atoms with Gasteiger partial charge >= 0.3 is 12.2 Å². The van der Waals surface area contributed by atoms with Crippen molar-refractivity contribution in [2.45, 2.75) is 43.8 Å². The van der Waals surface area contributed by atoms with Crippen LogP contribution in [-0.4, -0.2) is 47.3 Å². The van der Waals surface area contributed by atoms with Gasteiger partial charge in [0.15, 0.2) is 11.6 Å². The molecule has 1 atom stereocenters. The summed E-state index contributed by atoms with van der Waals surface area (Å²) in [7, 11) is 0. The summed E-state index contributed by atoms with van der Waals surface area (Å²) in [6, 6.07) is -0.355. The molecule has 194 valence electrons. The largest absolute Gasteiger partial charge is 0.412 e. The highest BCUT2D eigenvalue weighted by molar-refractivity contribution is 6.39. The Hall–Kier alpha value is -2.93. The molecular weight excluding hydrogens is 536 g/mol. The van der Waals surface area contributed by atoms with Crippen LogP contribution in [0.5, 0.6) is 0 Å². The average molecular weight is 554 g/mol. The molecule has 1 unspecified atom stereocenters. The molecule has 4 rings (SSSR count). The Morgan fingerprint density at radius 2 is 1.81 bits per heavy atom. The molecule has 2 fully saturated rings. The van der Waals surface area contributed by atoms with Crippen molar-refractivity contribution < 1.29 is 36.0 Å². The molecule has 2 aromatic rings. The molecule has 0 spiro atoms. The van der Waals surface area contributed by atoms with E-state index in [9.17, 15) is 22.8 Å². The third-order valence-electron chi connectivity index (χ3n) is 5.90. The smallest absolute Gasteiger partial charge is 0.408 e. The van der Waals surface area contributed by atoms with E-state index >= 15 is 8.78 Å². The van der Waals surface area contributed by atoms with Gasteiger partial charge in [-0.2, -0.15) is 13.2 Å². The molecule has 2 aliphatic heterocycles. The van der Waals surface area contributed by atoms with Crippen LogP contribution in [0.25, 0.3) is 0 Å². The number of benzene rings is 1. The van der Waals surface area contributed by atoms with Crippen molar-refractivity contribution in [3.63, 3.8) is 0 Å². The number of piperidine rings is 1. The van der Waals surface area contributed by atoms with E-state index in [0.29, 0.717) is 0 Å². The predicted molar refractivity (Wildman–Crippen MR) is 119 cm³/mol. The van der Waals surface area contributed by atoms with Gasteiger partial charge in [-0.1, -0.05) is 34.9 Å². The molecule has 0 saturated carbocycles. The van der Waals surface area contributed by atoms with Gasteiger partial charge in [-0.15, -0.1) is 5.10 Å². The van der Waals surface area contributed by atoms with Crippen molar-refractivity contribution in [3.05, 3.63) is 45.3 Å². The van der Waals surface area contributed by atoms with Gasteiger partial charge in [0.2, 0.25) is 17.7 Å². The number of allylic oxidation sites excluding steroid dienone is 1. The molecule has 3 heterocycles. The minimum atomic E-state index is -4.50. The maximum Gasteiger partial charge on any atom is 0.412 e. The van der Waals surface area contributed by atoms with Crippen LogP contribution in [0.3, 0.4) is 0 Å². The molecule has 0 aliphatic carbocycles. The minimum absolute atomic E-state index is 0.0154. The number of carbonyl (C=O) groups excluding carboxylic acids is 2. The Kier molecular flexibility index (Phi) is 7.15. The number of aromatic nitrogens is 2. The summed E-state index contributed by atoms with van der Waals surface area (Å²) in [5.41, 5.74) is -1.61. The number of nitrogens with one attached hydrogen (secondary N) is 2. The SMILES string of the molecule is C=C(CCc1nnc(NC2CN(c3c(Cl)c(F)c(C4CCC(=O)NC4=O)c(F)c3Cl)C2)o1)C(F)(F)F.